The number of amides is 1. The number of carbonyl (C=O) groups excluding carboxylic acids is 1. The highest BCUT2D eigenvalue weighted by Crippen LogP contribution is 1.94. The number of alkyl carbamates (subject to hydrolysis) is 1. The molecule has 1 N–H and O–H groups in total. The number of rotatable bonds is 5. The first kappa shape index (κ1) is 11.5. The highest BCUT2D eigenvalue weighted by Gasteiger charge is 2.03. The summed E-state index contributed by atoms with van der Waals surface area (Å²) in [6.45, 7) is 2.87. The number of hydrogen-bond donors (Lipinski definition) is 1. The minimum atomic E-state index is -0.408. The molecule has 1 heterocycles. The van der Waals surface area contributed by atoms with Crippen molar-refractivity contribution >= 4 is 6.09 Å². The number of ether oxygens (including phenoxy) is 1. The molecular formula is C9H16N4O2. The third-order valence-electron chi connectivity index (χ3n) is 1.80. The van der Waals surface area contributed by atoms with Crippen LogP contribution in [-0.2, 0) is 18.4 Å². The molecule has 1 amide bonds. The Labute approximate surface area is 88.6 Å². The van der Waals surface area contributed by atoms with E-state index in [1.807, 2.05) is 0 Å². The molecule has 0 spiro atoms. The molecule has 0 atom stereocenters. The summed E-state index contributed by atoms with van der Waals surface area (Å²) >= 11 is 0. The van der Waals surface area contributed by atoms with E-state index in [4.69, 9.17) is 4.74 Å². The molecule has 0 aliphatic rings. The Balaban J connectivity index is 2.16. The standard InChI is InChI=1S/C9H16N4O2/c1-3-4-5-10-9(14)15-7-8-6-13(2)12-11-8/h6H,3-5,7H2,1-2H3,(H,10,14). The first-order chi connectivity index (χ1) is 7.22. The molecule has 0 saturated heterocycles. The Kier molecular flexibility index (Phi) is 4.59. The first-order valence-corrected chi connectivity index (χ1v) is 4.98. The number of unbranched alkanes of at least 4 members (excludes halogenated alkanes) is 1. The average Bonchev–Trinajstić information content (AvgIpc) is 2.62. The van der Waals surface area contributed by atoms with E-state index in [1.54, 1.807) is 17.9 Å². The summed E-state index contributed by atoms with van der Waals surface area (Å²) in [5.74, 6) is 0. The van der Waals surface area contributed by atoms with Crippen molar-refractivity contribution in [2.75, 3.05) is 6.54 Å². The van der Waals surface area contributed by atoms with E-state index < -0.39 is 6.09 Å². The van der Waals surface area contributed by atoms with Gasteiger partial charge in [-0.15, -0.1) is 5.10 Å². The zero-order chi connectivity index (χ0) is 11.1. The molecule has 0 bridgehead atoms. The molecule has 84 valence electrons. The Morgan fingerprint density at radius 3 is 3.07 bits per heavy atom. The minimum absolute atomic E-state index is 0.159. The summed E-state index contributed by atoms with van der Waals surface area (Å²) in [5.41, 5.74) is 0.642. The number of hydrogen-bond acceptors (Lipinski definition) is 4. The second-order valence-corrected chi connectivity index (χ2v) is 3.24. The van der Waals surface area contributed by atoms with Gasteiger partial charge in [0, 0.05) is 13.6 Å². The quantitative estimate of drug-likeness (QED) is 0.734. The van der Waals surface area contributed by atoms with Crippen LogP contribution < -0.4 is 5.32 Å². The molecule has 0 aromatic carbocycles. The topological polar surface area (TPSA) is 69.0 Å². The van der Waals surface area contributed by atoms with Gasteiger partial charge in [-0.2, -0.15) is 0 Å². The molecular weight excluding hydrogens is 196 g/mol. The second-order valence-electron chi connectivity index (χ2n) is 3.24. The zero-order valence-electron chi connectivity index (χ0n) is 9.06. The maximum atomic E-state index is 11.1. The van der Waals surface area contributed by atoms with Gasteiger partial charge in [-0.05, 0) is 6.42 Å². The molecule has 0 aliphatic heterocycles. The van der Waals surface area contributed by atoms with Gasteiger partial charge in [-0.3, -0.25) is 4.68 Å². The minimum Gasteiger partial charge on any atom is -0.443 e. The highest BCUT2D eigenvalue weighted by atomic mass is 16.5. The lowest BCUT2D eigenvalue weighted by Crippen LogP contribution is -2.25. The molecule has 6 nitrogen and oxygen atoms in total. The van der Waals surface area contributed by atoms with E-state index in [2.05, 4.69) is 22.6 Å². The molecule has 1 rings (SSSR count). The maximum Gasteiger partial charge on any atom is 0.407 e. The summed E-state index contributed by atoms with van der Waals surface area (Å²) < 4.78 is 6.49. The summed E-state index contributed by atoms with van der Waals surface area (Å²) in [5, 5.41) is 10.2. The fraction of sp³-hybridized carbons (Fsp3) is 0.667. The fourth-order valence-corrected chi connectivity index (χ4v) is 1.02. The summed E-state index contributed by atoms with van der Waals surface area (Å²) in [7, 11) is 1.76. The predicted molar refractivity (Wildman–Crippen MR) is 54.1 cm³/mol. The number of nitrogens with zero attached hydrogens (tertiary/aromatic N) is 3. The van der Waals surface area contributed by atoms with Crippen LogP contribution in [0, 0.1) is 0 Å². The van der Waals surface area contributed by atoms with E-state index in [0.717, 1.165) is 12.8 Å². The van der Waals surface area contributed by atoms with Crippen molar-refractivity contribution in [2.24, 2.45) is 7.05 Å². The number of aromatic nitrogens is 3. The van der Waals surface area contributed by atoms with Gasteiger partial charge >= 0.3 is 6.09 Å². The molecule has 0 radical (unpaired) electrons. The molecule has 15 heavy (non-hydrogen) atoms. The smallest absolute Gasteiger partial charge is 0.407 e. The maximum absolute atomic E-state index is 11.1. The zero-order valence-corrected chi connectivity index (χ0v) is 9.06. The van der Waals surface area contributed by atoms with Gasteiger partial charge in [-0.25, -0.2) is 4.79 Å². The molecule has 0 unspecified atom stereocenters. The van der Waals surface area contributed by atoms with Crippen LogP contribution in [0.4, 0.5) is 4.79 Å². The largest absolute Gasteiger partial charge is 0.443 e. The third-order valence-corrected chi connectivity index (χ3v) is 1.80. The Bertz CT molecular complexity index is 311. The molecule has 1 aromatic heterocycles. The van der Waals surface area contributed by atoms with Gasteiger partial charge in [0.05, 0.1) is 6.20 Å². The summed E-state index contributed by atoms with van der Waals surface area (Å²) in [6.07, 6.45) is 3.30. The summed E-state index contributed by atoms with van der Waals surface area (Å²) in [4.78, 5) is 11.1. The lowest BCUT2D eigenvalue weighted by molar-refractivity contribution is 0.138. The van der Waals surface area contributed by atoms with Gasteiger partial charge in [0.2, 0.25) is 0 Å². The van der Waals surface area contributed by atoms with Crippen LogP contribution >= 0.6 is 0 Å². The average molecular weight is 212 g/mol. The van der Waals surface area contributed by atoms with Crippen molar-refractivity contribution in [2.45, 2.75) is 26.4 Å². The third kappa shape index (κ3) is 4.44. The van der Waals surface area contributed by atoms with Crippen LogP contribution in [0.2, 0.25) is 0 Å². The molecule has 6 heteroatoms. The molecule has 0 aliphatic carbocycles. The van der Waals surface area contributed by atoms with Gasteiger partial charge in [0.15, 0.2) is 0 Å². The lowest BCUT2D eigenvalue weighted by atomic mass is 10.3. The van der Waals surface area contributed by atoms with Crippen LogP contribution in [-0.4, -0.2) is 27.6 Å². The van der Waals surface area contributed by atoms with Crippen LogP contribution in [0.25, 0.3) is 0 Å². The van der Waals surface area contributed by atoms with Crippen molar-refractivity contribution in [1.82, 2.24) is 20.3 Å². The number of carbonyl (C=O) groups is 1. The van der Waals surface area contributed by atoms with Crippen molar-refractivity contribution < 1.29 is 9.53 Å². The second kappa shape index (κ2) is 6.00. The van der Waals surface area contributed by atoms with Gasteiger partial charge < -0.3 is 10.1 Å². The summed E-state index contributed by atoms with van der Waals surface area (Å²) in [6, 6.07) is 0. The van der Waals surface area contributed by atoms with E-state index in [1.165, 1.54) is 0 Å². The lowest BCUT2D eigenvalue weighted by Gasteiger charge is -2.03. The van der Waals surface area contributed by atoms with E-state index in [9.17, 15) is 4.79 Å². The van der Waals surface area contributed by atoms with Gasteiger partial charge in [-0.1, -0.05) is 18.6 Å². The molecule has 0 fully saturated rings. The van der Waals surface area contributed by atoms with Crippen LogP contribution in [0.1, 0.15) is 25.5 Å². The molecule has 1 aromatic rings. The number of nitrogens with one attached hydrogen (secondary N) is 1. The van der Waals surface area contributed by atoms with Crippen molar-refractivity contribution in [3.8, 4) is 0 Å². The van der Waals surface area contributed by atoms with Crippen molar-refractivity contribution in [3.63, 3.8) is 0 Å². The Morgan fingerprint density at radius 1 is 1.67 bits per heavy atom. The number of aryl methyl sites for hydroxylation is 1. The Hall–Kier alpha value is -1.59. The predicted octanol–water partition coefficient (Wildman–Crippen LogP) is 0.841. The van der Waals surface area contributed by atoms with Gasteiger partial charge in [0.25, 0.3) is 0 Å². The highest BCUT2D eigenvalue weighted by molar-refractivity contribution is 5.66. The van der Waals surface area contributed by atoms with Crippen LogP contribution in [0.3, 0.4) is 0 Å². The first-order valence-electron chi connectivity index (χ1n) is 4.98. The SMILES string of the molecule is CCCCNC(=O)OCc1cn(C)nn1. The van der Waals surface area contributed by atoms with E-state index in [0.29, 0.717) is 12.2 Å². The van der Waals surface area contributed by atoms with E-state index >= 15 is 0 Å². The van der Waals surface area contributed by atoms with Crippen LogP contribution in [0.5, 0.6) is 0 Å². The monoisotopic (exact) mass is 212 g/mol. The normalized spacial score (nSPS) is 10.0. The van der Waals surface area contributed by atoms with Gasteiger partial charge in [0.1, 0.15) is 12.3 Å². The van der Waals surface area contributed by atoms with Crippen molar-refractivity contribution in [3.05, 3.63) is 11.9 Å². The van der Waals surface area contributed by atoms with E-state index in [-0.39, 0.29) is 6.61 Å². The van der Waals surface area contributed by atoms with Crippen LogP contribution in [0.15, 0.2) is 6.20 Å². The Morgan fingerprint density at radius 2 is 2.47 bits per heavy atom. The molecule has 0 saturated carbocycles. The fourth-order valence-electron chi connectivity index (χ4n) is 1.02. The van der Waals surface area contributed by atoms with Crippen molar-refractivity contribution in [1.29, 1.82) is 0 Å².